The van der Waals surface area contributed by atoms with E-state index >= 15 is 0 Å². The molecule has 1 aliphatic heterocycles. The van der Waals surface area contributed by atoms with Gasteiger partial charge in [0.05, 0.1) is 5.56 Å². The Morgan fingerprint density at radius 1 is 1.00 bits per heavy atom. The molecule has 1 N–H and O–H groups in total. The van der Waals surface area contributed by atoms with E-state index in [1.807, 2.05) is 25.7 Å². The first-order valence-electron chi connectivity index (χ1n) is 10.4. The van der Waals surface area contributed by atoms with Gasteiger partial charge in [-0.2, -0.15) is 13.2 Å². The van der Waals surface area contributed by atoms with Crippen LogP contribution in [0.25, 0.3) is 0 Å². The van der Waals surface area contributed by atoms with Gasteiger partial charge in [0.2, 0.25) is 5.91 Å². The molecule has 0 saturated carbocycles. The van der Waals surface area contributed by atoms with Crippen LogP contribution in [0.1, 0.15) is 43.1 Å². The Balaban J connectivity index is 1.66. The van der Waals surface area contributed by atoms with Crippen LogP contribution in [0.4, 0.5) is 24.7 Å². The average molecular weight is 448 g/mol. The molecule has 0 spiro atoms. The van der Waals surface area contributed by atoms with Crippen molar-refractivity contribution in [3.63, 3.8) is 0 Å². The van der Waals surface area contributed by atoms with Crippen molar-refractivity contribution in [3.8, 4) is 0 Å². The number of aromatic nitrogens is 1. The number of carbonyl (C=O) groups is 2. The van der Waals surface area contributed by atoms with Crippen LogP contribution < -0.4 is 10.2 Å². The third-order valence-electron chi connectivity index (χ3n) is 5.23. The maximum absolute atomic E-state index is 13.0. The SMILES string of the molecule is CC(C)(C)C(=O)Nc1cccc(C(=O)N2CCCN(c3ccc(C(F)(F)F)cn3)CC2)c1. The number of benzene rings is 1. The minimum absolute atomic E-state index is 0.142. The second-order valence-corrected chi connectivity index (χ2v) is 8.82. The van der Waals surface area contributed by atoms with E-state index < -0.39 is 17.2 Å². The third-order valence-corrected chi connectivity index (χ3v) is 5.23. The van der Waals surface area contributed by atoms with E-state index in [9.17, 15) is 22.8 Å². The molecule has 2 heterocycles. The van der Waals surface area contributed by atoms with Crippen LogP contribution in [0.5, 0.6) is 0 Å². The number of rotatable bonds is 3. The van der Waals surface area contributed by atoms with Crippen LogP contribution in [-0.4, -0.2) is 47.9 Å². The highest BCUT2D eigenvalue weighted by atomic mass is 19.4. The minimum Gasteiger partial charge on any atom is -0.355 e. The summed E-state index contributed by atoms with van der Waals surface area (Å²) in [7, 11) is 0. The van der Waals surface area contributed by atoms with Crippen molar-refractivity contribution in [1.29, 1.82) is 0 Å². The Bertz CT molecular complexity index is 968. The lowest BCUT2D eigenvalue weighted by Gasteiger charge is -2.23. The van der Waals surface area contributed by atoms with Crippen LogP contribution in [0, 0.1) is 5.41 Å². The van der Waals surface area contributed by atoms with Crippen molar-refractivity contribution in [2.24, 2.45) is 5.41 Å². The lowest BCUT2D eigenvalue weighted by molar-refractivity contribution is -0.137. The van der Waals surface area contributed by atoms with E-state index in [2.05, 4.69) is 10.3 Å². The fourth-order valence-corrected chi connectivity index (χ4v) is 3.32. The lowest BCUT2D eigenvalue weighted by atomic mass is 9.95. The van der Waals surface area contributed by atoms with Gasteiger partial charge in [-0.1, -0.05) is 26.8 Å². The smallest absolute Gasteiger partial charge is 0.355 e. The molecule has 1 aliphatic rings. The molecule has 2 amide bonds. The Morgan fingerprint density at radius 3 is 2.38 bits per heavy atom. The van der Waals surface area contributed by atoms with Crippen LogP contribution in [-0.2, 0) is 11.0 Å². The molecular weight excluding hydrogens is 421 g/mol. The first-order valence-corrected chi connectivity index (χ1v) is 10.4. The molecule has 0 atom stereocenters. The van der Waals surface area contributed by atoms with Crippen molar-refractivity contribution in [2.45, 2.75) is 33.4 Å². The minimum atomic E-state index is -4.42. The van der Waals surface area contributed by atoms with Gasteiger partial charge < -0.3 is 15.1 Å². The molecule has 0 radical (unpaired) electrons. The third kappa shape index (κ3) is 5.77. The quantitative estimate of drug-likeness (QED) is 0.754. The van der Waals surface area contributed by atoms with Gasteiger partial charge in [-0.05, 0) is 36.8 Å². The molecule has 1 saturated heterocycles. The molecule has 32 heavy (non-hydrogen) atoms. The number of nitrogens with one attached hydrogen (secondary N) is 1. The maximum Gasteiger partial charge on any atom is 0.417 e. The molecule has 3 rings (SSSR count). The zero-order chi connectivity index (χ0) is 23.5. The van der Waals surface area contributed by atoms with Crippen molar-refractivity contribution in [3.05, 3.63) is 53.7 Å². The van der Waals surface area contributed by atoms with Gasteiger partial charge in [0.1, 0.15) is 5.82 Å². The van der Waals surface area contributed by atoms with E-state index in [0.29, 0.717) is 49.7 Å². The number of pyridine rings is 1. The number of hydrogen-bond donors (Lipinski definition) is 1. The highest BCUT2D eigenvalue weighted by Crippen LogP contribution is 2.29. The van der Waals surface area contributed by atoms with E-state index in [1.165, 1.54) is 6.07 Å². The van der Waals surface area contributed by atoms with E-state index in [1.54, 1.807) is 29.2 Å². The monoisotopic (exact) mass is 448 g/mol. The molecule has 9 heteroatoms. The van der Waals surface area contributed by atoms with Crippen molar-refractivity contribution >= 4 is 23.3 Å². The summed E-state index contributed by atoms with van der Waals surface area (Å²) in [4.78, 5) is 32.8. The van der Waals surface area contributed by atoms with Crippen molar-refractivity contribution in [1.82, 2.24) is 9.88 Å². The lowest BCUT2D eigenvalue weighted by Crippen LogP contribution is -2.35. The molecule has 6 nitrogen and oxygen atoms in total. The summed E-state index contributed by atoms with van der Waals surface area (Å²) in [6.07, 6.45) is -2.93. The van der Waals surface area contributed by atoms with E-state index in [-0.39, 0.29) is 11.8 Å². The summed E-state index contributed by atoms with van der Waals surface area (Å²) in [5, 5.41) is 2.83. The Hall–Kier alpha value is -3.10. The maximum atomic E-state index is 13.0. The molecular formula is C23H27F3N4O2. The zero-order valence-electron chi connectivity index (χ0n) is 18.4. The summed E-state index contributed by atoms with van der Waals surface area (Å²) in [5.41, 5.74) is -0.314. The summed E-state index contributed by atoms with van der Waals surface area (Å²) in [6.45, 7) is 7.42. The number of hydrogen-bond acceptors (Lipinski definition) is 4. The largest absolute Gasteiger partial charge is 0.417 e. The fourth-order valence-electron chi connectivity index (χ4n) is 3.32. The van der Waals surface area contributed by atoms with E-state index in [0.717, 1.165) is 12.3 Å². The molecule has 172 valence electrons. The predicted octanol–water partition coefficient (Wildman–Crippen LogP) is 4.44. The molecule has 1 aromatic heterocycles. The second-order valence-electron chi connectivity index (χ2n) is 8.82. The van der Waals surface area contributed by atoms with Gasteiger partial charge in [0.25, 0.3) is 5.91 Å². The number of nitrogens with zero attached hydrogens (tertiary/aromatic N) is 3. The molecule has 1 aromatic carbocycles. The number of alkyl halides is 3. The number of anilines is 2. The van der Waals surface area contributed by atoms with Crippen LogP contribution in [0.3, 0.4) is 0 Å². The van der Waals surface area contributed by atoms with Crippen molar-refractivity contribution in [2.75, 3.05) is 36.4 Å². The van der Waals surface area contributed by atoms with Gasteiger partial charge in [0.15, 0.2) is 0 Å². The standard InChI is InChI=1S/C23H27F3N4O2/c1-22(2,3)21(32)28-18-7-4-6-16(14-18)20(31)30-11-5-10-29(12-13-30)19-9-8-17(15-27-19)23(24,25)26/h4,6-9,14-15H,5,10-13H2,1-3H3,(H,28,32). The van der Waals surface area contributed by atoms with Gasteiger partial charge in [0, 0.05) is 49.0 Å². The molecule has 0 unspecified atom stereocenters. The molecule has 2 aromatic rings. The molecule has 0 bridgehead atoms. The summed E-state index contributed by atoms with van der Waals surface area (Å²) in [6, 6.07) is 9.21. The average Bonchev–Trinajstić information content (AvgIpc) is 2.98. The van der Waals surface area contributed by atoms with Gasteiger partial charge in [-0.3, -0.25) is 9.59 Å². The number of amides is 2. The van der Waals surface area contributed by atoms with Crippen molar-refractivity contribution < 1.29 is 22.8 Å². The Kier molecular flexibility index (Phi) is 6.76. The van der Waals surface area contributed by atoms with Crippen LogP contribution in [0.2, 0.25) is 0 Å². The molecule has 0 aliphatic carbocycles. The van der Waals surface area contributed by atoms with Crippen LogP contribution in [0.15, 0.2) is 42.6 Å². The predicted molar refractivity (Wildman–Crippen MR) is 116 cm³/mol. The van der Waals surface area contributed by atoms with Gasteiger partial charge in [-0.15, -0.1) is 0 Å². The highest BCUT2D eigenvalue weighted by Gasteiger charge is 2.31. The topological polar surface area (TPSA) is 65.5 Å². The zero-order valence-corrected chi connectivity index (χ0v) is 18.4. The normalized spacial score (nSPS) is 15.3. The summed E-state index contributed by atoms with van der Waals surface area (Å²) < 4.78 is 38.3. The Labute approximate surface area is 185 Å². The van der Waals surface area contributed by atoms with Gasteiger partial charge in [-0.25, -0.2) is 4.98 Å². The second kappa shape index (κ2) is 9.18. The van der Waals surface area contributed by atoms with Gasteiger partial charge >= 0.3 is 6.18 Å². The van der Waals surface area contributed by atoms with E-state index in [4.69, 9.17) is 0 Å². The highest BCUT2D eigenvalue weighted by molar-refractivity contribution is 5.98. The fraction of sp³-hybridized carbons (Fsp3) is 0.435. The molecule has 1 fully saturated rings. The summed E-state index contributed by atoms with van der Waals surface area (Å²) >= 11 is 0. The summed E-state index contributed by atoms with van der Waals surface area (Å²) in [5.74, 6) is 0.162. The Morgan fingerprint density at radius 2 is 1.75 bits per heavy atom. The number of carbonyl (C=O) groups excluding carboxylic acids is 2. The van der Waals surface area contributed by atoms with Crippen LogP contribution >= 0.6 is 0 Å². The number of halogens is 3. The first-order chi connectivity index (χ1) is 14.9. The first kappa shape index (κ1) is 23.6.